The van der Waals surface area contributed by atoms with E-state index in [1.54, 1.807) is 4.68 Å². The van der Waals surface area contributed by atoms with Crippen molar-refractivity contribution >= 4 is 5.91 Å². The van der Waals surface area contributed by atoms with Gasteiger partial charge in [0, 0.05) is 25.4 Å². The van der Waals surface area contributed by atoms with E-state index in [2.05, 4.69) is 15.3 Å². The van der Waals surface area contributed by atoms with Gasteiger partial charge in [-0.05, 0) is 26.9 Å². The highest BCUT2D eigenvalue weighted by atomic mass is 16.3. The fraction of sp³-hybridized carbons (Fsp3) is 0.750. The monoisotopic (exact) mass is 308 g/mol. The average molecular weight is 308 g/mol. The van der Waals surface area contributed by atoms with Crippen molar-refractivity contribution in [3.8, 4) is 0 Å². The number of aryl methyl sites for hydroxylation is 1. The highest BCUT2D eigenvalue weighted by Crippen LogP contribution is 2.30. The maximum absolute atomic E-state index is 12.2. The van der Waals surface area contributed by atoms with Crippen molar-refractivity contribution in [1.82, 2.24) is 20.0 Å². The van der Waals surface area contributed by atoms with Crippen molar-refractivity contribution in [2.75, 3.05) is 20.6 Å². The normalized spacial score (nSPS) is 19.1. The van der Waals surface area contributed by atoms with Gasteiger partial charge in [-0.3, -0.25) is 9.48 Å². The lowest BCUT2D eigenvalue weighted by Crippen LogP contribution is -2.41. The van der Waals surface area contributed by atoms with E-state index in [0.717, 1.165) is 37.7 Å². The second kappa shape index (κ2) is 7.24. The molecule has 1 aliphatic carbocycles. The molecular weight excluding hydrogens is 280 g/mol. The molecule has 22 heavy (non-hydrogen) atoms. The molecule has 0 aromatic carbocycles. The summed E-state index contributed by atoms with van der Waals surface area (Å²) in [5.74, 6) is -0.0693. The molecule has 124 valence electrons. The Bertz CT molecular complexity index is 492. The van der Waals surface area contributed by atoms with Crippen LogP contribution in [-0.4, -0.2) is 51.9 Å². The third kappa shape index (κ3) is 4.55. The summed E-state index contributed by atoms with van der Waals surface area (Å²) in [6.07, 6.45) is 8.66. The highest BCUT2D eigenvalue weighted by molar-refractivity contribution is 5.77. The number of carbonyl (C=O) groups is 1. The van der Waals surface area contributed by atoms with E-state index in [4.69, 9.17) is 0 Å². The molecular formula is C16H28N4O2. The first-order valence-corrected chi connectivity index (χ1v) is 8.04. The first-order valence-electron chi connectivity index (χ1n) is 8.04. The van der Waals surface area contributed by atoms with Crippen LogP contribution in [0.3, 0.4) is 0 Å². The first-order chi connectivity index (χ1) is 10.4. The Morgan fingerprint density at radius 3 is 2.68 bits per heavy atom. The Balaban J connectivity index is 1.88. The van der Waals surface area contributed by atoms with Gasteiger partial charge in [0.05, 0.1) is 24.3 Å². The number of carbonyl (C=O) groups excluding carboxylic acids is 1. The zero-order chi connectivity index (χ0) is 16.2. The smallest absolute Gasteiger partial charge is 0.222 e. The van der Waals surface area contributed by atoms with Gasteiger partial charge in [-0.1, -0.05) is 19.3 Å². The van der Waals surface area contributed by atoms with Crippen molar-refractivity contribution in [3.05, 3.63) is 18.0 Å². The molecule has 0 radical (unpaired) electrons. The number of amides is 1. The molecule has 1 aromatic rings. The largest absolute Gasteiger partial charge is 0.389 e. The van der Waals surface area contributed by atoms with Crippen LogP contribution in [0.1, 0.15) is 50.1 Å². The van der Waals surface area contributed by atoms with Crippen LogP contribution < -0.4 is 5.32 Å². The zero-order valence-corrected chi connectivity index (χ0v) is 13.9. The third-order valence-corrected chi connectivity index (χ3v) is 4.50. The van der Waals surface area contributed by atoms with E-state index >= 15 is 0 Å². The third-order valence-electron chi connectivity index (χ3n) is 4.50. The lowest BCUT2D eigenvalue weighted by Gasteiger charge is -2.32. The number of aliphatic hydroxyl groups is 1. The van der Waals surface area contributed by atoms with Crippen LogP contribution in [0.25, 0.3) is 0 Å². The van der Waals surface area contributed by atoms with E-state index in [9.17, 15) is 9.90 Å². The Kier molecular flexibility index (Phi) is 5.58. The highest BCUT2D eigenvalue weighted by Gasteiger charge is 2.31. The minimum atomic E-state index is -0.801. The molecule has 2 rings (SSSR count). The Morgan fingerprint density at radius 1 is 1.45 bits per heavy atom. The van der Waals surface area contributed by atoms with Gasteiger partial charge < -0.3 is 15.3 Å². The van der Waals surface area contributed by atoms with Gasteiger partial charge in [0.2, 0.25) is 5.91 Å². The van der Waals surface area contributed by atoms with Crippen molar-refractivity contribution < 1.29 is 9.90 Å². The predicted octanol–water partition coefficient (Wildman–Crippen LogP) is 1.22. The predicted molar refractivity (Wildman–Crippen MR) is 85.3 cm³/mol. The summed E-state index contributed by atoms with van der Waals surface area (Å²) in [7, 11) is 5.85. The van der Waals surface area contributed by atoms with Crippen LogP contribution in [0.15, 0.2) is 12.4 Å². The summed E-state index contributed by atoms with van der Waals surface area (Å²) < 4.78 is 1.76. The number of aromatic nitrogens is 2. The van der Waals surface area contributed by atoms with E-state index in [0.29, 0.717) is 6.54 Å². The van der Waals surface area contributed by atoms with Crippen molar-refractivity contribution in [2.45, 2.75) is 50.2 Å². The van der Waals surface area contributed by atoms with E-state index in [1.165, 1.54) is 0 Å². The maximum Gasteiger partial charge on any atom is 0.222 e. The summed E-state index contributed by atoms with van der Waals surface area (Å²) in [5, 5.41) is 17.6. The van der Waals surface area contributed by atoms with Crippen LogP contribution in [0.5, 0.6) is 0 Å². The van der Waals surface area contributed by atoms with Gasteiger partial charge in [-0.15, -0.1) is 0 Å². The van der Waals surface area contributed by atoms with Gasteiger partial charge in [-0.25, -0.2) is 0 Å². The summed E-state index contributed by atoms with van der Waals surface area (Å²) in [4.78, 5) is 14.2. The van der Waals surface area contributed by atoms with Gasteiger partial charge in [0.15, 0.2) is 0 Å². The fourth-order valence-electron chi connectivity index (χ4n) is 3.17. The van der Waals surface area contributed by atoms with Gasteiger partial charge in [-0.2, -0.15) is 5.10 Å². The minimum absolute atomic E-state index is 0.0693. The molecule has 1 heterocycles. The number of rotatable bonds is 6. The minimum Gasteiger partial charge on any atom is -0.389 e. The Labute approximate surface area is 132 Å². The molecule has 1 unspecified atom stereocenters. The van der Waals surface area contributed by atoms with Crippen LogP contribution in [0.2, 0.25) is 0 Å². The van der Waals surface area contributed by atoms with Gasteiger partial charge in [0.25, 0.3) is 0 Å². The fourth-order valence-corrected chi connectivity index (χ4v) is 3.17. The number of hydrogen-bond donors (Lipinski definition) is 2. The Morgan fingerprint density at radius 2 is 2.14 bits per heavy atom. The number of likely N-dealkylation sites (N-methyl/N-ethyl adjacent to an activating group) is 1. The van der Waals surface area contributed by atoms with Crippen molar-refractivity contribution in [3.63, 3.8) is 0 Å². The van der Waals surface area contributed by atoms with Crippen LogP contribution in [0.4, 0.5) is 0 Å². The molecule has 6 heteroatoms. The second-order valence-corrected chi connectivity index (χ2v) is 6.69. The molecule has 0 bridgehead atoms. The topological polar surface area (TPSA) is 70.4 Å². The molecule has 1 fully saturated rings. The SMILES string of the molecule is CN(C)C(CNC(=O)CC1(O)CCCCC1)c1cnn(C)c1. The molecule has 6 nitrogen and oxygen atoms in total. The molecule has 0 spiro atoms. The molecule has 0 saturated heterocycles. The maximum atomic E-state index is 12.2. The van der Waals surface area contributed by atoms with Crippen LogP contribution >= 0.6 is 0 Å². The molecule has 1 amide bonds. The number of hydrogen-bond acceptors (Lipinski definition) is 4. The summed E-state index contributed by atoms with van der Waals surface area (Å²) in [6.45, 7) is 0.521. The molecule has 1 saturated carbocycles. The molecule has 1 aromatic heterocycles. The summed E-state index contributed by atoms with van der Waals surface area (Å²) in [5.41, 5.74) is 0.272. The number of nitrogens with zero attached hydrogens (tertiary/aromatic N) is 3. The van der Waals surface area contributed by atoms with Crippen molar-refractivity contribution in [2.24, 2.45) is 7.05 Å². The zero-order valence-electron chi connectivity index (χ0n) is 13.9. The summed E-state index contributed by atoms with van der Waals surface area (Å²) >= 11 is 0. The quantitative estimate of drug-likeness (QED) is 0.829. The van der Waals surface area contributed by atoms with Crippen LogP contribution in [-0.2, 0) is 11.8 Å². The average Bonchev–Trinajstić information content (AvgIpc) is 2.85. The van der Waals surface area contributed by atoms with Crippen LogP contribution in [0, 0.1) is 0 Å². The number of nitrogens with one attached hydrogen (secondary N) is 1. The first kappa shape index (κ1) is 17.0. The summed E-state index contributed by atoms with van der Waals surface area (Å²) in [6, 6.07) is 0.0821. The standard InChI is InChI=1S/C16H28N4O2/c1-19(2)14(13-10-18-20(3)12-13)11-17-15(21)9-16(22)7-5-4-6-8-16/h10,12,14,22H,4-9,11H2,1-3H3,(H,17,21). The molecule has 0 aliphatic heterocycles. The Hall–Kier alpha value is -1.40. The lowest BCUT2D eigenvalue weighted by atomic mass is 9.82. The van der Waals surface area contributed by atoms with Gasteiger partial charge >= 0.3 is 0 Å². The van der Waals surface area contributed by atoms with E-state index < -0.39 is 5.60 Å². The van der Waals surface area contributed by atoms with Crippen molar-refractivity contribution in [1.29, 1.82) is 0 Å². The molecule has 1 aliphatic rings. The van der Waals surface area contributed by atoms with E-state index in [1.807, 2.05) is 33.5 Å². The van der Waals surface area contributed by atoms with E-state index in [-0.39, 0.29) is 18.4 Å². The molecule has 1 atom stereocenters. The lowest BCUT2D eigenvalue weighted by molar-refractivity contribution is -0.127. The van der Waals surface area contributed by atoms with Gasteiger partial charge in [0.1, 0.15) is 0 Å². The molecule has 2 N–H and O–H groups in total. The second-order valence-electron chi connectivity index (χ2n) is 6.69.